The van der Waals surface area contributed by atoms with Crippen molar-refractivity contribution in [1.82, 2.24) is 10.6 Å². The Morgan fingerprint density at radius 1 is 1.45 bits per heavy atom. The van der Waals surface area contributed by atoms with E-state index in [2.05, 4.69) is 38.7 Å². The van der Waals surface area contributed by atoms with E-state index in [1.54, 1.807) is 0 Å². The molecule has 1 heterocycles. The second kappa shape index (κ2) is 6.92. The lowest BCUT2D eigenvalue weighted by Gasteiger charge is -2.11. The van der Waals surface area contributed by atoms with E-state index in [4.69, 9.17) is 0 Å². The van der Waals surface area contributed by atoms with Crippen LogP contribution in [0.5, 0.6) is 0 Å². The summed E-state index contributed by atoms with van der Waals surface area (Å²) < 4.78 is 1.09. The largest absolute Gasteiger partial charge is 0.354 e. The van der Waals surface area contributed by atoms with E-state index >= 15 is 0 Å². The van der Waals surface area contributed by atoms with Crippen molar-refractivity contribution in [3.63, 3.8) is 0 Å². The minimum absolute atomic E-state index is 0. The molecule has 2 N–H and O–H groups in total. The zero-order valence-corrected chi connectivity index (χ0v) is 13.7. The van der Waals surface area contributed by atoms with Crippen molar-refractivity contribution in [2.45, 2.75) is 31.2 Å². The first-order valence-electron chi connectivity index (χ1n) is 7.00. The molecule has 0 radical (unpaired) electrons. The van der Waals surface area contributed by atoms with Crippen molar-refractivity contribution < 1.29 is 4.79 Å². The minimum Gasteiger partial charge on any atom is -0.354 e. The molecule has 3 atom stereocenters. The predicted molar refractivity (Wildman–Crippen MR) is 86.3 cm³/mol. The van der Waals surface area contributed by atoms with Crippen LogP contribution >= 0.6 is 28.3 Å². The summed E-state index contributed by atoms with van der Waals surface area (Å²) in [6.45, 7) is 1.87. The van der Waals surface area contributed by atoms with E-state index in [0.717, 1.165) is 24.0 Å². The number of hydrogen-bond acceptors (Lipinski definition) is 2. The van der Waals surface area contributed by atoms with Crippen molar-refractivity contribution in [2.75, 3.05) is 13.1 Å². The van der Waals surface area contributed by atoms with Gasteiger partial charge in [-0.2, -0.15) is 0 Å². The van der Waals surface area contributed by atoms with E-state index in [0.29, 0.717) is 12.0 Å². The number of rotatable bonds is 4. The van der Waals surface area contributed by atoms with Crippen molar-refractivity contribution in [3.8, 4) is 0 Å². The van der Waals surface area contributed by atoms with Gasteiger partial charge in [-0.15, -0.1) is 12.4 Å². The molecule has 0 spiro atoms. The SMILES string of the molecule is Cl.O=C(NCC1CCCN1)C1CC1c1cccc(Br)c1. The highest BCUT2D eigenvalue weighted by atomic mass is 79.9. The van der Waals surface area contributed by atoms with Crippen LogP contribution in [0.3, 0.4) is 0 Å². The monoisotopic (exact) mass is 358 g/mol. The molecule has 1 aliphatic carbocycles. The summed E-state index contributed by atoms with van der Waals surface area (Å²) >= 11 is 3.48. The lowest BCUT2D eigenvalue weighted by Crippen LogP contribution is -2.37. The van der Waals surface area contributed by atoms with Crippen LogP contribution in [-0.4, -0.2) is 25.0 Å². The second-order valence-electron chi connectivity index (χ2n) is 5.54. The van der Waals surface area contributed by atoms with Crippen LogP contribution < -0.4 is 10.6 Å². The highest BCUT2D eigenvalue weighted by Crippen LogP contribution is 2.47. The number of hydrogen-bond donors (Lipinski definition) is 2. The predicted octanol–water partition coefficient (Wildman–Crippen LogP) is 2.84. The number of amides is 1. The van der Waals surface area contributed by atoms with Crippen molar-refractivity contribution >= 4 is 34.2 Å². The van der Waals surface area contributed by atoms with Crippen molar-refractivity contribution in [3.05, 3.63) is 34.3 Å². The average molecular weight is 360 g/mol. The summed E-state index contributed by atoms with van der Waals surface area (Å²) in [4.78, 5) is 12.1. The summed E-state index contributed by atoms with van der Waals surface area (Å²) in [5.41, 5.74) is 1.27. The highest BCUT2D eigenvalue weighted by Gasteiger charge is 2.43. The standard InChI is InChI=1S/C15H19BrN2O.ClH/c16-11-4-1-3-10(7-11)13-8-14(13)15(19)18-9-12-5-2-6-17-12;/h1,3-4,7,12-14,17H,2,5-6,8-9H2,(H,18,19);1H. The molecule has 3 rings (SSSR count). The molecule has 1 aliphatic heterocycles. The van der Waals surface area contributed by atoms with E-state index in [-0.39, 0.29) is 24.2 Å². The first-order valence-corrected chi connectivity index (χ1v) is 7.80. The number of carbonyl (C=O) groups is 1. The molecule has 1 saturated heterocycles. The van der Waals surface area contributed by atoms with Gasteiger partial charge in [0.05, 0.1) is 0 Å². The van der Waals surface area contributed by atoms with Gasteiger partial charge in [0.25, 0.3) is 0 Å². The maximum atomic E-state index is 12.1. The van der Waals surface area contributed by atoms with Gasteiger partial charge >= 0.3 is 0 Å². The van der Waals surface area contributed by atoms with Crippen LogP contribution in [0.1, 0.15) is 30.7 Å². The van der Waals surface area contributed by atoms with E-state index < -0.39 is 0 Å². The summed E-state index contributed by atoms with van der Waals surface area (Å²) in [6, 6.07) is 8.77. The third-order valence-corrected chi connectivity index (χ3v) is 4.58. The third kappa shape index (κ3) is 3.74. The molecule has 1 saturated carbocycles. The van der Waals surface area contributed by atoms with Gasteiger partial charge in [-0.1, -0.05) is 28.1 Å². The van der Waals surface area contributed by atoms with Gasteiger partial charge in [0.2, 0.25) is 5.91 Å². The summed E-state index contributed by atoms with van der Waals surface area (Å²) in [5, 5.41) is 6.49. The van der Waals surface area contributed by atoms with Gasteiger partial charge in [0, 0.05) is 23.0 Å². The Balaban J connectivity index is 0.00000147. The van der Waals surface area contributed by atoms with Crippen LogP contribution in [0, 0.1) is 5.92 Å². The van der Waals surface area contributed by atoms with Crippen LogP contribution in [0.25, 0.3) is 0 Å². The fraction of sp³-hybridized carbons (Fsp3) is 0.533. The normalized spacial score (nSPS) is 27.8. The lowest BCUT2D eigenvalue weighted by atomic mass is 10.1. The Kier molecular flexibility index (Phi) is 5.47. The van der Waals surface area contributed by atoms with Gasteiger partial charge < -0.3 is 10.6 Å². The second-order valence-corrected chi connectivity index (χ2v) is 6.46. The number of nitrogens with one attached hydrogen (secondary N) is 2. The van der Waals surface area contributed by atoms with Crippen LogP contribution in [0.4, 0.5) is 0 Å². The van der Waals surface area contributed by atoms with E-state index in [9.17, 15) is 4.79 Å². The van der Waals surface area contributed by atoms with Crippen molar-refractivity contribution in [1.29, 1.82) is 0 Å². The summed E-state index contributed by atoms with van der Waals surface area (Å²) in [7, 11) is 0. The molecule has 20 heavy (non-hydrogen) atoms. The number of benzene rings is 1. The zero-order valence-electron chi connectivity index (χ0n) is 11.3. The topological polar surface area (TPSA) is 41.1 Å². The fourth-order valence-corrected chi connectivity index (χ4v) is 3.29. The molecule has 3 unspecified atom stereocenters. The fourth-order valence-electron chi connectivity index (χ4n) is 2.88. The van der Waals surface area contributed by atoms with Crippen LogP contribution in [-0.2, 0) is 4.79 Å². The van der Waals surface area contributed by atoms with Gasteiger partial charge in [-0.25, -0.2) is 0 Å². The Labute approximate surface area is 134 Å². The minimum atomic E-state index is 0. The Morgan fingerprint density at radius 2 is 2.30 bits per heavy atom. The molecule has 1 aromatic carbocycles. The number of halogens is 2. The molecule has 2 aliphatic rings. The maximum Gasteiger partial charge on any atom is 0.223 e. The van der Waals surface area contributed by atoms with Gasteiger partial charge in [-0.3, -0.25) is 4.79 Å². The molecular formula is C15H20BrClN2O. The van der Waals surface area contributed by atoms with Crippen LogP contribution in [0.2, 0.25) is 0 Å². The van der Waals surface area contributed by atoms with E-state index in [1.807, 2.05) is 12.1 Å². The zero-order chi connectivity index (χ0) is 13.2. The molecule has 1 aromatic rings. The van der Waals surface area contributed by atoms with Crippen molar-refractivity contribution in [2.24, 2.45) is 5.92 Å². The smallest absolute Gasteiger partial charge is 0.223 e. The van der Waals surface area contributed by atoms with Gasteiger partial charge in [0.1, 0.15) is 0 Å². The molecular weight excluding hydrogens is 340 g/mol. The average Bonchev–Trinajstić information content (AvgIpc) is 3.04. The Morgan fingerprint density at radius 3 is 3.00 bits per heavy atom. The molecule has 110 valence electrons. The first-order chi connectivity index (χ1) is 9.24. The molecule has 2 fully saturated rings. The summed E-state index contributed by atoms with van der Waals surface area (Å²) in [6.07, 6.45) is 3.39. The third-order valence-electron chi connectivity index (χ3n) is 4.09. The summed E-state index contributed by atoms with van der Waals surface area (Å²) in [5.74, 6) is 0.809. The van der Waals surface area contributed by atoms with Gasteiger partial charge in [0.15, 0.2) is 0 Å². The molecule has 0 aromatic heterocycles. The molecule has 1 amide bonds. The van der Waals surface area contributed by atoms with Crippen LogP contribution in [0.15, 0.2) is 28.7 Å². The van der Waals surface area contributed by atoms with Gasteiger partial charge in [-0.05, 0) is 49.4 Å². The lowest BCUT2D eigenvalue weighted by molar-refractivity contribution is -0.122. The Bertz CT molecular complexity index is 477. The Hall–Kier alpha value is -0.580. The molecule has 0 bridgehead atoms. The first kappa shape index (κ1) is 15.8. The molecule has 3 nitrogen and oxygen atoms in total. The molecule has 5 heteroatoms. The van der Waals surface area contributed by atoms with E-state index in [1.165, 1.54) is 18.4 Å². The number of carbonyl (C=O) groups excluding carboxylic acids is 1. The highest BCUT2D eigenvalue weighted by molar-refractivity contribution is 9.10. The maximum absolute atomic E-state index is 12.1. The quantitative estimate of drug-likeness (QED) is 0.868.